The number of benzene rings is 1. The fraction of sp³-hybridized carbons (Fsp3) is 0.462. The van der Waals surface area contributed by atoms with Gasteiger partial charge in [0.1, 0.15) is 11.3 Å². The Kier molecular flexibility index (Phi) is 2.40. The van der Waals surface area contributed by atoms with Crippen LogP contribution in [-0.2, 0) is 5.54 Å². The first kappa shape index (κ1) is 10.7. The zero-order valence-electron chi connectivity index (χ0n) is 9.79. The molecular weight excluding hydrogens is 219 g/mol. The zero-order chi connectivity index (χ0) is 11.9. The standard InChI is InChI=1S/C13H15FN2O/c1-13(6-2-3-7-15-13)12-16-10-8-9(14)4-5-11(10)17-12/h4-5,8,15H,2-3,6-7H2,1H3. The molecule has 4 heteroatoms. The number of rotatable bonds is 1. The minimum absolute atomic E-state index is 0.215. The third-order valence-electron chi connectivity index (χ3n) is 3.44. The monoisotopic (exact) mass is 234 g/mol. The van der Waals surface area contributed by atoms with Gasteiger partial charge in [-0.25, -0.2) is 9.37 Å². The van der Waals surface area contributed by atoms with Gasteiger partial charge in [0, 0.05) is 6.07 Å². The summed E-state index contributed by atoms with van der Waals surface area (Å²) in [7, 11) is 0. The van der Waals surface area contributed by atoms with Crippen LogP contribution in [0.4, 0.5) is 4.39 Å². The molecule has 3 rings (SSSR count). The molecule has 2 aromatic rings. The van der Waals surface area contributed by atoms with Crippen molar-refractivity contribution in [3.8, 4) is 0 Å². The highest BCUT2D eigenvalue weighted by Crippen LogP contribution is 2.31. The third kappa shape index (κ3) is 1.82. The van der Waals surface area contributed by atoms with E-state index < -0.39 is 0 Å². The summed E-state index contributed by atoms with van der Waals surface area (Å²) in [6, 6.07) is 4.44. The molecule has 0 radical (unpaired) electrons. The average molecular weight is 234 g/mol. The van der Waals surface area contributed by atoms with Crippen LogP contribution in [-0.4, -0.2) is 11.5 Å². The Hall–Kier alpha value is -1.42. The number of nitrogens with one attached hydrogen (secondary N) is 1. The van der Waals surface area contributed by atoms with E-state index in [4.69, 9.17) is 4.42 Å². The fourth-order valence-corrected chi connectivity index (χ4v) is 2.38. The van der Waals surface area contributed by atoms with E-state index >= 15 is 0 Å². The van der Waals surface area contributed by atoms with E-state index in [9.17, 15) is 4.39 Å². The highest BCUT2D eigenvalue weighted by Gasteiger charge is 2.33. The molecule has 1 aliphatic heterocycles. The molecular formula is C13H15FN2O. The largest absolute Gasteiger partial charge is 0.439 e. The van der Waals surface area contributed by atoms with Crippen LogP contribution < -0.4 is 5.32 Å². The van der Waals surface area contributed by atoms with Gasteiger partial charge in [-0.1, -0.05) is 0 Å². The molecule has 0 aliphatic carbocycles. The number of aromatic nitrogens is 1. The molecule has 1 N–H and O–H groups in total. The van der Waals surface area contributed by atoms with Crippen molar-refractivity contribution >= 4 is 11.1 Å². The SMILES string of the molecule is CC1(c2nc3cc(F)ccc3o2)CCCCN1. The first-order valence-electron chi connectivity index (χ1n) is 5.99. The molecule has 0 amide bonds. The smallest absolute Gasteiger partial charge is 0.215 e. The lowest BCUT2D eigenvalue weighted by Crippen LogP contribution is -2.43. The predicted molar refractivity (Wildman–Crippen MR) is 63.2 cm³/mol. The molecule has 3 nitrogen and oxygen atoms in total. The number of nitrogens with zero attached hydrogens (tertiary/aromatic N) is 1. The number of hydrogen-bond donors (Lipinski definition) is 1. The van der Waals surface area contributed by atoms with Gasteiger partial charge in [-0.2, -0.15) is 0 Å². The zero-order valence-corrected chi connectivity index (χ0v) is 9.79. The molecule has 1 aromatic carbocycles. The summed E-state index contributed by atoms with van der Waals surface area (Å²) in [4.78, 5) is 4.40. The lowest BCUT2D eigenvalue weighted by molar-refractivity contribution is 0.232. The van der Waals surface area contributed by atoms with E-state index in [1.54, 1.807) is 6.07 Å². The highest BCUT2D eigenvalue weighted by atomic mass is 19.1. The molecule has 2 heterocycles. The van der Waals surface area contributed by atoms with E-state index in [2.05, 4.69) is 17.2 Å². The van der Waals surface area contributed by atoms with Gasteiger partial charge < -0.3 is 9.73 Å². The summed E-state index contributed by atoms with van der Waals surface area (Å²) < 4.78 is 18.8. The van der Waals surface area contributed by atoms with Crippen LogP contribution in [0.2, 0.25) is 0 Å². The van der Waals surface area contributed by atoms with Crippen molar-refractivity contribution in [2.75, 3.05) is 6.54 Å². The highest BCUT2D eigenvalue weighted by molar-refractivity contribution is 5.72. The van der Waals surface area contributed by atoms with Crippen molar-refractivity contribution in [2.24, 2.45) is 0 Å². The molecule has 17 heavy (non-hydrogen) atoms. The first-order chi connectivity index (χ1) is 8.17. The van der Waals surface area contributed by atoms with E-state index in [0.29, 0.717) is 17.0 Å². The van der Waals surface area contributed by atoms with Gasteiger partial charge in [-0.3, -0.25) is 0 Å². The molecule has 90 valence electrons. The normalized spacial score (nSPS) is 25.3. The van der Waals surface area contributed by atoms with E-state index in [0.717, 1.165) is 19.4 Å². The fourth-order valence-electron chi connectivity index (χ4n) is 2.38. The maximum Gasteiger partial charge on any atom is 0.215 e. The third-order valence-corrected chi connectivity index (χ3v) is 3.44. The molecule has 1 fully saturated rings. The maximum absolute atomic E-state index is 13.1. The van der Waals surface area contributed by atoms with Gasteiger partial charge in [0.15, 0.2) is 5.58 Å². The van der Waals surface area contributed by atoms with E-state index in [1.807, 2.05) is 0 Å². The Balaban J connectivity index is 2.05. The number of oxazole rings is 1. The van der Waals surface area contributed by atoms with Crippen molar-refractivity contribution in [1.29, 1.82) is 0 Å². The van der Waals surface area contributed by atoms with Crippen molar-refractivity contribution in [3.63, 3.8) is 0 Å². The van der Waals surface area contributed by atoms with Gasteiger partial charge in [0.25, 0.3) is 0 Å². The predicted octanol–water partition coefficient (Wildman–Crippen LogP) is 2.96. The quantitative estimate of drug-likeness (QED) is 0.824. The van der Waals surface area contributed by atoms with Crippen LogP contribution >= 0.6 is 0 Å². The summed E-state index contributed by atoms with van der Waals surface area (Å²) >= 11 is 0. The second-order valence-corrected chi connectivity index (χ2v) is 4.85. The minimum atomic E-state index is -0.279. The Morgan fingerprint density at radius 3 is 3.06 bits per heavy atom. The number of fused-ring (bicyclic) bond motifs is 1. The van der Waals surface area contributed by atoms with Crippen molar-refractivity contribution in [2.45, 2.75) is 31.7 Å². The molecule has 0 spiro atoms. The lowest BCUT2D eigenvalue weighted by Gasteiger charge is -2.31. The molecule has 1 unspecified atom stereocenters. The van der Waals surface area contributed by atoms with Crippen LogP contribution in [0.15, 0.2) is 22.6 Å². The maximum atomic E-state index is 13.1. The van der Waals surface area contributed by atoms with Gasteiger partial charge in [0.2, 0.25) is 5.89 Å². The number of piperidine rings is 1. The minimum Gasteiger partial charge on any atom is -0.439 e. The molecule has 1 atom stereocenters. The van der Waals surface area contributed by atoms with E-state index in [1.165, 1.54) is 18.6 Å². The van der Waals surface area contributed by atoms with Crippen LogP contribution in [0.1, 0.15) is 32.1 Å². The summed E-state index contributed by atoms with van der Waals surface area (Å²) in [5.41, 5.74) is 1.02. The van der Waals surface area contributed by atoms with Crippen LogP contribution in [0.25, 0.3) is 11.1 Å². The molecule has 1 aliphatic rings. The average Bonchev–Trinajstić information content (AvgIpc) is 2.73. The van der Waals surface area contributed by atoms with Crippen LogP contribution in [0.3, 0.4) is 0 Å². The molecule has 1 saturated heterocycles. The van der Waals surface area contributed by atoms with Crippen molar-refractivity contribution in [3.05, 3.63) is 29.9 Å². The van der Waals surface area contributed by atoms with Crippen molar-refractivity contribution in [1.82, 2.24) is 10.3 Å². The van der Waals surface area contributed by atoms with E-state index in [-0.39, 0.29) is 11.4 Å². The Morgan fingerprint density at radius 1 is 1.41 bits per heavy atom. The van der Waals surface area contributed by atoms with Gasteiger partial charge in [-0.05, 0) is 44.9 Å². The summed E-state index contributed by atoms with van der Waals surface area (Å²) in [5, 5.41) is 3.44. The first-order valence-corrected chi connectivity index (χ1v) is 5.99. The molecule has 1 aromatic heterocycles. The second-order valence-electron chi connectivity index (χ2n) is 4.85. The van der Waals surface area contributed by atoms with Crippen molar-refractivity contribution < 1.29 is 8.81 Å². The van der Waals surface area contributed by atoms with Gasteiger partial charge >= 0.3 is 0 Å². The van der Waals surface area contributed by atoms with Crippen LogP contribution in [0, 0.1) is 5.82 Å². The van der Waals surface area contributed by atoms with Gasteiger partial charge in [0.05, 0.1) is 5.54 Å². The lowest BCUT2D eigenvalue weighted by atomic mass is 9.91. The second kappa shape index (κ2) is 3.81. The number of halogens is 1. The summed E-state index contributed by atoms with van der Waals surface area (Å²) in [5.74, 6) is 0.386. The molecule has 0 saturated carbocycles. The number of hydrogen-bond acceptors (Lipinski definition) is 3. The summed E-state index contributed by atoms with van der Waals surface area (Å²) in [6.45, 7) is 3.07. The summed E-state index contributed by atoms with van der Waals surface area (Å²) in [6.07, 6.45) is 3.35. The topological polar surface area (TPSA) is 38.1 Å². The Bertz CT molecular complexity index is 543. The Labute approximate surface area is 99.0 Å². The van der Waals surface area contributed by atoms with Gasteiger partial charge in [-0.15, -0.1) is 0 Å². The molecule has 0 bridgehead atoms. The Morgan fingerprint density at radius 2 is 2.29 bits per heavy atom. The van der Waals surface area contributed by atoms with Crippen LogP contribution in [0.5, 0.6) is 0 Å².